The molecule has 0 spiro atoms. The quantitative estimate of drug-likeness (QED) is 0.601. The van der Waals surface area contributed by atoms with E-state index < -0.39 is 7.12 Å². The van der Waals surface area contributed by atoms with Crippen molar-refractivity contribution in [1.82, 2.24) is 0 Å². The van der Waals surface area contributed by atoms with Crippen molar-refractivity contribution in [3.8, 4) is 0 Å². The first kappa shape index (κ1) is 13.3. The fraction of sp³-hybridized carbons (Fsp3) is 0.500. The molecule has 0 amide bonds. The summed E-state index contributed by atoms with van der Waals surface area (Å²) in [5.74, 6) is 0. The molecule has 1 aromatic rings. The molecule has 1 aliphatic rings. The molecule has 0 aliphatic carbocycles. The highest BCUT2D eigenvalue weighted by Crippen LogP contribution is 2.36. The molecule has 4 heteroatoms. The molecule has 0 N–H and O–H groups in total. The lowest BCUT2D eigenvalue weighted by atomic mass is 9.75. The first-order chi connectivity index (χ1) is 8.37. The number of rotatable bonds is 3. The van der Waals surface area contributed by atoms with E-state index in [1.165, 1.54) is 0 Å². The Bertz CT molecular complexity index is 438. The zero-order valence-corrected chi connectivity index (χ0v) is 11.4. The monoisotopic (exact) mass is 246 g/mol. The third kappa shape index (κ3) is 2.23. The Hall–Kier alpha value is -1.13. The zero-order valence-electron chi connectivity index (χ0n) is 11.4. The van der Waals surface area contributed by atoms with Gasteiger partial charge in [0.2, 0.25) is 0 Å². The molecule has 18 heavy (non-hydrogen) atoms. The van der Waals surface area contributed by atoms with Crippen molar-refractivity contribution in [3.63, 3.8) is 0 Å². The molecule has 1 heterocycles. The Morgan fingerprint density at radius 3 is 2.22 bits per heavy atom. The van der Waals surface area contributed by atoms with Crippen LogP contribution in [0.15, 0.2) is 24.3 Å². The van der Waals surface area contributed by atoms with Crippen molar-refractivity contribution in [2.45, 2.75) is 45.3 Å². The van der Waals surface area contributed by atoms with Crippen LogP contribution in [0, 0.1) is 0 Å². The number of hydrogen-bond acceptors (Lipinski definition) is 3. The first-order valence-electron chi connectivity index (χ1n) is 6.24. The van der Waals surface area contributed by atoms with E-state index >= 15 is 0 Å². The first-order valence-corrected chi connectivity index (χ1v) is 6.24. The van der Waals surface area contributed by atoms with Gasteiger partial charge in [-0.25, -0.2) is 0 Å². The van der Waals surface area contributed by atoms with Gasteiger partial charge in [0, 0.05) is 6.42 Å². The van der Waals surface area contributed by atoms with Crippen molar-refractivity contribution in [3.05, 3.63) is 29.8 Å². The smallest absolute Gasteiger partial charge is 0.399 e. The summed E-state index contributed by atoms with van der Waals surface area (Å²) in [6, 6.07) is 7.76. The largest absolute Gasteiger partial charge is 0.495 e. The van der Waals surface area contributed by atoms with Gasteiger partial charge in [0.15, 0.2) is 0 Å². The van der Waals surface area contributed by atoms with E-state index in [9.17, 15) is 4.79 Å². The molecule has 0 atom stereocenters. The van der Waals surface area contributed by atoms with Crippen LogP contribution >= 0.6 is 0 Å². The Labute approximate surface area is 109 Å². The second-order valence-electron chi connectivity index (χ2n) is 5.66. The SMILES string of the molecule is CC1(C)OB(c2ccccc2CC=O)OC1(C)C. The number of benzene rings is 1. The van der Waals surface area contributed by atoms with E-state index in [1.807, 2.05) is 52.0 Å². The van der Waals surface area contributed by atoms with Gasteiger partial charge in [-0.1, -0.05) is 24.3 Å². The van der Waals surface area contributed by atoms with Gasteiger partial charge < -0.3 is 14.1 Å². The van der Waals surface area contributed by atoms with E-state index in [0.29, 0.717) is 6.42 Å². The van der Waals surface area contributed by atoms with Crippen molar-refractivity contribution in [1.29, 1.82) is 0 Å². The van der Waals surface area contributed by atoms with Crippen LogP contribution in [0.1, 0.15) is 33.3 Å². The van der Waals surface area contributed by atoms with Crippen LogP contribution in [0.4, 0.5) is 0 Å². The zero-order chi connectivity index (χ0) is 13.4. The molecule has 0 aromatic heterocycles. The summed E-state index contributed by atoms with van der Waals surface area (Å²) < 4.78 is 12.0. The van der Waals surface area contributed by atoms with Crippen molar-refractivity contribution in [2.24, 2.45) is 0 Å². The van der Waals surface area contributed by atoms with Gasteiger partial charge in [-0.2, -0.15) is 0 Å². The Kier molecular flexibility index (Phi) is 3.34. The summed E-state index contributed by atoms with van der Waals surface area (Å²) in [5.41, 5.74) is 1.20. The van der Waals surface area contributed by atoms with Crippen LogP contribution in [0.25, 0.3) is 0 Å². The predicted octanol–water partition coefficient (Wildman–Crippen LogP) is 1.73. The van der Waals surface area contributed by atoms with Gasteiger partial charge in [-0.15, -0.1) is 0 Å². The highest BCUT2D eigenvalue weighted by Gasteiger charge is 2.52. The summed E-state index contributed by atoms with van der Waals surface area (Å²) in [4.78, 5) is 10.7. The summed E-state index contributed by atoms with van der Waals surface area (Å²) in [7, 11) is -0.397. The minimum absolute atomic E-state index is 0.355. The lowest BCUT2D eigenvalue weighted by Gasteiger charge is -2.32. The van der Waals surface area contributed by atoms with Crippen LogP contribution in [0.3, 0.4) is 0 Å². The summed E-state index contributed by atoms with van der Waals surface area (Å²) >= 11 is 0. The van der Waals surface area contributed by atoms with E-state index in [0.717, 1.165) is 17.3 Å². The van der Waals surface area contributed by atoms with Gasteiger partial charge in [0.25, 0.3) is 0 Å². The van der Waals surface area contributed by atoms with Crippen LogP contribution in [0.2, 0.25) is 0 Å². The molecule has 96 valence electrons. The third-order valence-corrected chi connectivity index (χ3v) is 3.87. The van der Waals surface area contributed by atoms with Crippen LogP contribution in [0.5, 0.6) is 0 Å². The van der Waals surface area contributed by atoms with Crippen molar-refractivity contribution >= 4 is 18.9 Å². The van der Waals surface area contributed by atoms with Crippen molar-refractivity contribution in [2.75, 3.05) is 0 Å². The lowest BCUT2D eigenvalue weighted by molar-refractivity contribution is -0.107. The topological polar surface area (TPSA) is 35.5 Å². The molecule has 1 fully saturated rings. The molecule has 0 saturated carbocycles. The Morgan fingerprint density at radius 2 is 1.67 bits per heavy atom. The highest BCUT2D eigenvalue weighted by molar-refractivity contribution is 6.62. The lowest BCUT2D eigenvalue weighted by Crippen LogP contribution is -2.41. The van der Waals surface area contributed by atoms with E-state index in [-0.39, 0.29) is 11.2 Å². The van der Waals surface area contributed by atoms with Crippen LogP contribution < -0.4 is 5.46 Å². The van der Waals surface area contributed by atoms with Gasteiger partial charge in [-0.05, 0) is 38.7 Å². The molecular weight excluding hydrogens is 227 g/mol. The van der Waals surface area contributed by atoms with E-state index in [1.54, 1.807) is 0 Å². The molecule has 3 nitrogen and oxygen atoms in total. The molecule has 2 rings (SSSR count). The summed E-state index contributed by atoms with van der Waals surface area (Å²) in [6.07, 6.45) is 1.30. The van der Waals surface area contributed by atoms with Gasteiger partial charge in [0.1, 0.15) is 6.29 Å². The highest BCUT2D eigenvalue weighted by atomic mass is 16.7. The van der Waals surface area contributed by atoms with E-state index in [4.69, 9.17) is 9.31 Å². The van der Waals surface area contributed by atoms with Crippen LogP contribution in [-0.4, -0.2) is 24.6 Å². The summed E-state index contributed by atoms with van der Waals surface area (Å²) in [5, 5.41) is 0. The number of aldehydes is 1. The Morgan fingerprint density at radius 1 is 1.11 bits per heavy atom. The van der Waals surface area contributed by atoms with Gasteiger partial charge in [0.05, 0.1) is 11.2 Å². The second-order valence-corrected chi connectivity index (χ2v) is 5.66. The minimum Gasteiger partial charge on any atom is -0.399 e. The average Bonchev–Trinajstić information content (AvgIpc) is 2.49. The number of hydrogen-bond donors (Lipinski definition) is 0. The third-order valence-electron chi connectivity index (χ3n) is 3.87. The van der Waals surface area contributed by atoms with Crippen LogP contribution in [-0.2, 0) is 20.5 Å². The summed E-state index contributed by atoms with van der Waals surface area (Å²) in [6.45, 7) is 8.09. The average molecular weight is 246 g/mol. The molecular formula is C14H19BO3. The van der Waals surface area contributed by atoms with Gasteiger partial charge in [-0.3, -0.25) is 0 Å². The maximum atomic E-state index is 10.7. The predicted molar refractivity (Wildman–Crippen MR) is 71.9 cm³/mol. The molecule has 0 radical (unpaired) electrons. The molecule has 1 saturated heterocycles. The van der Waals surface area contributed by atoms with E-state index in [2.05, 4.69) is 0 Å². The van der Waals surface area contributed by atoms with Crippen molar-refractivity contribution < 1.29 is 14.1 Å². The molecule has 0 bridgehead atoms. The maximum Gasteiger partial charge on any atom is 0.495 e. The van der Waals surface area contributed by atoms with Gasteiger partial charge >= 0.3 is 7.12 Å². The second kappa shape index (κ2) is 4.52. The molecule has 1 aliphatic heterocycles. The number of carbonyl (C=O) groups excluding carboxylic acids is 1. The fourth-order valence-corrected chi connectivity index (χ4v) is 2.01. The minimum atomic E-state index is -0.397. The normalized spacial score (nSPS) is 21.0. The molecule has 1 aromatic carbocycles. The fourth-order valence-electron chi connectivity index (χ4n) is 2.01. The number of carbonyl (C=O) groups is 1. The maximum absolute atomic E-state index is 10.7. The molecule has 0 unspecified atom stereocenters. The Balaban J connectivity index is 2.32. The standard InChI is InChI=1S/C14H19BO3/c1-13(2)14(3,4)18-15(17-13)12-8-6-5-7-11(12)9-10-16/h5-8,10H,9H2,1-4H3.